The Morgan fingerprint density at radius 1 is 1.25 bits per heavy atom. The molecule has 2 rings (SSSR count). The van der Waals surface area contributed by atoms with Gasteiger partial charge >= 0.3 is 0 Å². The molecule has 1 amide bonds. The van der Waals surface area contributed by atoms with E-state index < -0.39 is 0 Å². The van der Waals surface area contributed by atoms with Crippen LogP contribution in [0.2, 0.25) is 0 Å². The summed E-state index contributed by atoms with van der Waals surface area (Å²) in [6.45, 7) is 5.98. The minimum absolute atomic E-state index is 0.0607. The van der Waals surface area contributed by atoms with Gasteiger partial charge in [0.2, 0.25) is 0 Å². The molecule has 5 heteroatoms. The van der Waals surface area contributed by atoms with E-state index in [2.05, 4.69) is 26.0 Å². The first-order valence-corrected chi connectivity index (χ1v) is 9.12. The highest BCUT2D eigenvalue weighted by Crippen LogP contribution is 2.25. The zero-order valence-electron chi connectivity index (χ0n) is 14.5. The molecule has 0 N–H and O–H groups in total. The lowest BCUT2D eigenvalue weighted by Crippen LogP contribution is -2.37. The number of ether oxygens (including phenoxy) is 1. The first kappa shape index (κ1) is 18.6. The summed E-state index contributed by atoms with van der Waals surface area (Å²) in [7, 11) is 1.65. The molecule has 24 heavy (non-hydrogen) atoms. The van der Waals surface area contributed by atoms with E-state index in [0.29, 0.717) is 37.1 Å². The fourth-order valence-electron chi connectivity index (χ4n) is 2.38. The summed E-state index contributed by atoms with van der Waals surface area (Å²) in [5.41, 5.74) is 0.931. The minimum Gasteiger partial charge on any atom is -0.459 e. The predicted molar refractivity (Wildman–Crippen MR) is 97.3 cm³/mol. The number of nitrogens with zero attached hydrogens (tertiary/aromatic N) is 1. The van der Waals surface area contributed by atoms with Crippen molar-refractivity contribution in [3.8, 4) is 0 Å². The second-order valence-corrected chi connectivity index (χ2v) is 7.06. The number of methoxy groups -OCH3 is 1. The summed E-state index contributed by atoms with van der Waals surface area (Å²) in [5.74, 6) is 1.48. The first-order chi connectivity index (χ1) is 11.6. The Kier molecular flexibility index (Phi) is 7.40. The van der Waals surface area contributed by atoms with Crippen LogP contribution in [0.5, 0.6) is 0 Å². The molecule has 4 nitrogen and oxygen atoms in total. The van der Waals surface area contributed by atoms with Gasteiger partial charge in [-0.2, -0.15) is 0 Å². The second-order valence-electron chi connectivity index (χ2n) is 6.01. The zero-order valence-corrected chi connectivity index (χ0v) is 15.3. The third kappa shape index (κ3) is 5.42. The van der Waals surface area contributed by atoms with Crippen LogP contribution < -0.4 is 0 Å². The summed E-state index contributed by atoms with van der Waals surface area (Å²) in [4.78, 5) is 15.8. The van der Waals surface area contributed by atoms with Gasteiger partial charge in [0, 0.05) is 36.4 Å². The van der Waals surface area contributed by atoms with Gasteiger partial charge in [0.15, 0.2) is 5.76 Å². The molecule has 1 heterocycles. The van der Waals surface area contributed by atoms with Gasteiger partial charge in [-0.3, -0.25) is 4.79 Å². The predicted octanol–water partition coefficient (Wildman–Crippen LogP) is 4.32. The molecular formula is C19H25NO3S. The SMILES string of the molecule is COCCN(CC(C)C)C(=O)c1occc1CSc1ccccc1. The van der Waals surface area contributed by atoms with Gasteiger partial charge in [-0.25, -0.2) is 0 Å². The Balaban J connectivity index is 2.06. The van der Waals surface area contributed by atoms with Gasteiger partial charge in [0.05, 0.1) is 12.9 Å². The standard InChI is InChI=1S/C19H25NO3S/c1-15(2)13-20(10-12-22-3)19(21)18-16(9-11-23-18)14-24-17-7-5-4-6-8-17/h4-9,11,15H,10,12-14H2,1-3H3. The van der Waals surface area contributed by atoms with E-state index in [1.165, 1.54) is 4.90 Å². The van der Waals surface area contributed by atoms with E-state index >= 15 is 0 Å². The average Bonchev–Trinajstić information content (AvgIpc) is 3.05. The Hall–Kier alpha value is -1.72. The number of rotatable bonds is 9. The lowest BCUT2D eigenvalue weighted by atomic mass is 10.2. The summed E-state index contributed by atoms with van der Waals surface area (Å²) >= 11 is 1.70. The highest BCUT2D eigenvalue weighted by atomic mass is 32.2. The topological polar surface area (TPSA) is 42.7 Å². The Bertz CT molecular complexity index is 625. The summed E-state index contributed by atoms with van der Waals surface area (Å²) in [6.07, 6.45) is 1.60. The van der Waals surface area contributed by atoms with E-state index in [4.69, 9.17) is 9.15 Å². The second kappa shape index (κ2) is 9.55. The van der Waals surface area contributed by atoms with Crippen molar-refractivity contribution in [1.29, 1.82) is 0 Å². The first-order valence-electron chi connectivity index (χ1n) is 8.14. The van der Waals surface area contributed by atoms with Crippen LogP contribution in [0, 0.1) is 5.92 Å². The van der Waals surface area contributed by atoms with Crippen LogP contribution in [0.3, 0.4) is 0 Å². The van der Waals surface area contributed by atoms with Crippen LogP contribution in [-0.2, 0) is 10.5 Å². The molecule has 0 saturated heterocycles. The Morgan fingerprint density at radius 3 is 2.67 bits per heavy atom. The van der Waals surface area contributed by atoms with Crippen LogP contribution in [-0.4, -0.2) is 37.6 Å². The zero-order chi connectivity index (χ0) is 17.4. The van der Waals surface area contributed by atoms with E-state index in [0.717, 1.165) is 5.56 Å². The van der Waals surface area contributed by atoms with Gasteiger partial charge in [-0.05, 0) is 24.1 Å². The van der Waals surface area contributed by atoms with Gasteiger partial charge < -0.3 is 14.1 Å². The molecule has 0 unspecified atom stereocenters. The maximum absolute atomic E-state index is 12.8. The van der Waals surface area contributed by atoms with E-state index in [9.17, 15) is 4.79 Å². The molecule has 0 radical (unpaired) electrons. The van der Waals surface area contributed by atoms with Crippen molar-refractivity contribution in [2.24, 2.45) is 5.92 Å². The number of thioether (sulfide) groups is 1. The van der Waals surface area contributed by atoms with Crippen LogP contribution in [0.25, 0.3) is 0 Å². The molecule has 0 bridgehead atoms. The highest BCUT2D eigenvalue weighted by molar-refractivity contribution is 7.98. The largest absolute Gasteiger partial charge is 0.459 e. The lowest BCUT2D eigenvalue weighted by molar-refractivity contribution is 0.0640. The molecule has 0 aliphatic rings. The Morgan fingerprint density at radius 2 is 2.00 bits per heavy atom. The normalized spacial score (nSPS) is 11.0. The average molecular weight is 347 g/mol. The molecule has 0 atom stereocenters. The number of carbonyl (C=O) groups excluding carboxylic acids is 1. The molecule has 2 aromatic rings. The van der Waals surface area contributed by atoms with Crippen molar-refractivity contribution in [3.63, 3.8) is 0 Å². The highest BCUT2D eigenvalue weighted by Gasteiger charge is 2.22. The summed E-state index contributed by atoms with van der Waals surface area (Å²) in [5, 5.41) is 0. The van der Waals surface area contributed by atoms with Crippen LogP contribution in [0.15, 0.2) is 52.0 Å². The minimum atomic E-state index is -0.0607. The number of benzene rings is 1. The number of amides is 1. The van der Waals surface area contributed by atoms with E-state index in [-0.39, 0.29) is 5.91 Å². The fraction of sp³-hybridized carbons (Fsp3) is 0.421. The molecule has 130 valence electrons. The number of hydrogen-bond acceptors (Lipinski definition) is 4. The fourth-order valence-corrected chi connectivity index (χ4v) is 3.28. The molecule has 0 fully saturated rings. The smallest absolute Gasteiger partial charge is 0.289 e. The molecule has 0 aliphatic heterocycles. The molecular weight excluding hydrogens is 322 g/mol. The van der Waals surface area contributed by atoms with Crippen molar-refractivity contribution in [3.05, 3.63) is 54.0 Å². The van der Waals surface area contributed by atoms with Crippen LogP contribution in [0.1, 0.15) is 30.0 Å². The van der Waals surface area contributed by atoms with E-state index in [1.54, 1.807) is 25.1 Å². The quantitative estimate of drug-likeness (QED) is 0.634. The molecule has 0 aliphatic carbocycles. The van der Waals surface area contributed by atoms with Crippen molar-refractivity contribution in [2.75, 3.05) is 26.8 Å². The van der Waals surface area contributed by atoms with Gasteiger partial charge in [0.25, 0.3) is 5.91 Å². The van der Waals surface area contributed by atoms with Crippen LogP contribution >= 0.6 is 11.8 Å². The Labute approximate surface area is 148 Å². The number of hydrogen-bond donors (Lipinski definition) is 0. The molecule has 0 spiro atoms. The molecule has 0 saturated carbocycles. The van der Waals surface area contributed by atoms with Gasteiger partial charge in [-0.15, -0.1) is 11.8 Å². The molecule has 1 aromatic carbocycles. The lowest BCUT2D eigenvalue weighted by Gasteiger charge is -2.23. The van der Waals surface area contributed by atoms with Gasteiger partial charge in [0.1, 0.15) is 0 Å². The van der Waals surface area contributed by atoms with Crippen molar-refractivity contribution in [1.82, 2.24) is 4.90 Å². The molecule has 1 aromatic heterocycles. The number of furan rings is 1. The third-order valence-corrected chi connectivity index (χ3v) is 4.58. The summed E-state index contributed by atoms with van der Waals surface area (Å²) in [6, 6.07) is 12.0. The maximum atomic E-state index is 12.8. The van der Waals surface area contributed by atoms with Crippen LogP contribution in [0.4, 0.5) is 0 Å². The van der Waals surface area contributed by atoms with Crippen molar-refractivity contribution < 1.29 is 13.9 Å². The van der Waals surface area contributed by atoms with Gasteiger partial charge in [-0.1, -0.05) is 32.0 Å². The monoisotopic (exact) mass is 347 g/mol. The van der Waals surface area contributed by atoms with Crippen molar-refractivity contribution in [2.45, 2.75) is 24.5 Å². The van der Waals surface area contributed by atoms with Crippen molar-refractivity contribution >= 4 is 17.7 Å². The summed E-state index contributed by atoms with van der Waals surface area (Å²) < 4.78 is 10.6. The maximum Gasteiger partial charge on any atom is 0.289 e. The van der Waals surface area contributed by atoms with E-state index in [1.807, 2.05) is 29.2 Å². The third-order valence-electron chi connectivity index (χ3n) is 3.52. The number of carbonyl (C=O) groups is 1.